The molecule has 0 heterocycles. The Bertz CT molecular complexity index is 347. The van der Waals surface area contributed by atoms with Crippen molar-refractivity contribution in [3.8, 4) is 0 Å². The smallest absolute Gasteiger partial charge is 0.333 e. The van der Waals surface area contributed by atoms with E-state index in [1.165, 1.54) is 11.8 Å². The van der Waals surface area contributed by atoms with Crippen LogP contribution in [-0.2, 0) is 24.1 Å². The molecule has 0 amide bonds. The average molecular weight is 283 g/mol. The molecule has 0 aliphatic rings. The maximum Gasteiger partial charge on any atom is 0.333 e. The minimum atomic E-state index is -4.65. The first kappa shape index (κ1) is 19.4. The van der Waals surface area contributed by atoms with Crippen LogP contribution < -0.4 is 4.90 Å². The number of nitrogens with one attached hydrogen (secondary N) is 1. The van der Waals surface area contributed by atoms with Gasteiger partial charge in [0.25, 0.3) is 0 Å². The standard InChI is InChI=1S/C7H12O6S.C3H9N/c1-6(2)7(8)12-4-3-5-13-14(9,10)11;1-4(2)3/h1,3-5H2,2H3,(H,9,10,11);1-3H3. The zero-order chi connectivity index (χ0) is 14.8. The van der Waals surface area contributed by atoms with Gasteiger partial charge in [0.1, 0.15) is 0 Å². The summed E-state index contributed by atoms with van der Waals surface area (Å²) in [5, 5.41) is 0. The van der Waals surface area contributed by atoms with Crippen LogP contribution in [0.5, 0.6) is 0 Å². The lowest BCUT2D eigenvalue weighted by molar-refractivity contribution is -0.836. The molecule has 7 nitrogen and oxygen atoms in total. The lowest BCUT2D eigenvalue weighted by Gasteiger charge is -2.07. The van der Waals surface area contributed by atoms with Crippen LogP contribution in [0, 0.1) is 0 Å². The van der Waals surface area contributed by atoms with Gasteiger partial charge in [0.2, 0.25) is 10.4 Å². The average Bonchev–Trinajstić information content (AvgIpc) is 2.13. The van der Waals surface area contributed by atoms with Crippen molar-refractivity contribution < 1.29 is 31.6 Å². The summed E-state index contributed by atoms with van der Waals surface area (Å²) in [5.41, 5.74) is 0.252. The number of esters is 1. The van der Waals surface area contributed by atoms with E-state index in [2.05, 4.69) is 36.6 Å². The van der Waals surface area contributed by atoms with Crippen LogP contribution in [0.2, 0.25) is 0 Å². The van der Waals surface area contributed by atoms with E-state index < -0.39 is 16.4 Å². The van der Waals surface area contributed by atoms with Crippen LogP contribution >= 0.6 is 0 Å². The third-order valence-corrected chi connectivity index (χ3v) is 1.55. The molecule has 108 valence electrons. The van der Waals surface area contributed by atoms with Crippen molar-refractivity contribution in [2.45, 2.75) is 13.3 Å². The Morgan fingerprint density at radius 2 is 1.72 bits per heavy atom. The van der Waals surface area contributed by atoms with Gasteiger partial charge in [0, 0.05) is 12.0 Å². The second-order valence-electron chi connectivity index (χ2n) is 4.00. The first-order chi connectivity index (χ1) is 8.06. The molecule has 0 aromatic carbocycles. The highest BCUT2D eigenvalue weighted by Gasteiger charge is 2.02. The van der Waals surface area contributed by atoms with Gasteiger partial charge < -0.3 is 14.2 Å². The monoisotopic (exact) mass is 283 g/mol. The summed E-state index contributed by atoms with van der Waals surface area (Å²) in [4.78, 5) is 12.2. The van der Waals surface area contributed by atoms with Crippen LogP contribution in [0.1, 0.15) is 13.3 Å². The van der Waals surface area contributed by atoms with Crippen molar-refractivity contribution in [2.75, 3.05) is 34.4 Å². The molecule has 0 aliphatic carbocycles. The summed E-state index contributed by atoms with van der Waals surface area (Å²) in [5.74, 6) is -0.560. The number of hydrogen-bond donors (Lipinski definition) is 1. The highest BCUT2D eigenvalue weighted by molar-refractivity contribution is 7.80. The highest BCUT2D eigenvalue weighted by atomic mass is 32.3. The minimum absolute atomic E-state index is 0.0127. The third-order valence-electron chi connectivity index (χ3n) is 1.10. The lowest BCUT2D eigenvalue weighted by Crippen LogP contribution is -3.02. The molecule has 0 saturated carbocycles. The Kier molecular flexibility index (Phi) is 10.8. The highest BCUT2D eigenvalue weighted by Crippen LogP contribution is 1.95. The van der Waals surface area contributed by atoms with E-state index in [1.54, 1.807) is 0 Å². The van der Waals surface area contributed by atoms with Crippen molar-refractivity contribution in [3.63, 3.8) is 0 Å². The van der Waals surface area contributed by atoms with E-state index in [4.69, 9.17) is 0 Å². The van der Waals surface area contributed by atoms with E-state index >= 15 is 0 Å². The van der Waals surface area contributed by atoms with Crippen molar-refractivity contribution in [1.29, 1.82) is 0 Å². The zero-order valence-corrected chi connectivity index (χ0v) is 12.0. The largest absolute Gasteiger partial charge is 0.726 e. The van der Waals surface area contributed by atoms with Gasteiger partial charge in [-0.25, -0.2) is 13.2 Å². The van der Waals surface area contributed by atoms with Crippen molar-refractivity contribution in [3.05, 3.63) is 12.2 Å². The predicted molar refractivity (Wildman–Crippen MR) is 64.8 cm³/mol. The Labute approximate surface area is 108 Å². The number of rotatable bonds is 6. The zero-order valence-electron chi connectivity index (χ0n) is 11.2. The number of ether oxygens (including phenoxy) is 1. The molecule has 0 unspecified atom stereocenters. The van der Waals surface area contributed by atoms with Gasteiger partial charge in [-0.05, 0) is 6.92 Å². The van der Waals surface area contributed by atoms with Gasteiger partial charge in [0.15, 0.2) is 0 Å². The van der Waals surface area contributed by atoms with E-state index in [1.807, 2.05) is 0 Å². The molecule has 0 radical (unpaired) electrons. The van der Waals surface area contributed by atoms with Crippen LogP contribution in [-0.4, -0.2) is 53.3 Å². The van der Waals surface area contributed by atoms with Gasteiger partial charge in [0.05, 0.1) is 34.4 Å². The Morgan fingerprint density at radius 1 is 1.28 bits per heavy atom. The molecule has 18 heavy (non-hydrogen) atoms. The minimum Gasteiger partial charge on any atom is -0.726 e. The van der Waals surface area contributed by atoms with Crippen molar-refractivity contribution in [1.82, 2.24) is 0 Å². The molecule has 1 N–H and O–H groups in total. The predicted octanol–water partition coefficient (Wildman–Crippen LogP) is -1.27. The van der Waals surface area contributed by atoms with E-state index in [0.717, 1.165) is 0 Å². The summed E-state index contributed by atoms with van der Waals surface area (Å²) in [7, 11) is 1.60. The fourth-order valence-corrected chi connectivity index (χ4v) is 0.830. The Balaban J connectivity index is 0. The Hall–Kier alpha value is -0.960. The van der Waals surface area contributed by atoms with Crippen molar-refractivity contribution in [2.24, 2.45) is 0 Å². The fourth-order valence-electron chi connectivity index (χ4n) is 0.508. The van der Waals surface area contributed by atoms with Gasteiger partial charge in [-0.15, -0.1) is 0 Å². The summed E-state index contributed by atoms with van der Waals surface area (Å²) < 4.78 is 38.3. The summed E-state index contributed by atoms with van der Waals surface area (Å²) >= 11 is 0. The lowest BCUT2D eigenvalue weighted by atomic mass is 10.4. The first-order valence-electron chi connectivity index (χ1n) is 5.26. The van der Waals surface area contributed by atoms with Gasteiger partial charge in [-0.1, -0.05) is 6.58 Å². The second-order valence-corrected chi connectivity index (χ2v) is 5.05. The van der Waals surface area contributed by atoms with E-state index in [-0.39, 0.29) is 25.2 Å². The molecule has 0 bridgehead atoms. The normalized spacial score (nSPS) is 10.6. The summed E-state index contributed by atoms with van der Waals surface area (Å²) in [6.07, 6.45) is 0.139. The van der Waals surface area contributed by atoms with Crippen molar-refractivity contribution >= 4 is 16.4 Å². The number of quaternary nitrogens is 1. The fraction of sp³-hybridized carbons (Fsp3) is 0.700. The van der Waals surface area contributed by atoms with E-state index in [9.17, 15) is 17.8 Å². The first-order valence-corrected chi connectivity index (χ1v) is 6.59. The molecule has 0 spiro atoms. The number of carbonyl (C=O) groups excluding carboxylic acids is 1. The number of carbonyl (C=O) groups is 1. The summed E-state index contributed by atoms with van der Waals surface area (Å²) in [6.45, 7) is 4.52. The van der Waals surface area contributed by atoms with Gasteiger partial charge in [-0.3, -0.25) is 4.18 Å². The van der Waals surface area contributed by atoms with Gasteiger partial charge >= 0.3 is 5.97 Å². The molecular formula is C10H21NO6S. The molecule has 8 heteroatoms. The van der Waals surface area contributed by atoms with Crippen LogP contribution in [0.15, 0.2) is 12.2 Å². The van der Waals surface area contributed by atoms with Crippen LogP contribution in [0.25, 0.3) is 0 Å². The molecule has 0 aliphatic heterocycles. The van der Waals surface area contributed by atoms with Crippen LogP contribution in [0.3, 0.4) is 0 Å². The van der Waals surface area contributed by atoms with Crippen LogP contribution in [0.4, 0.5) is 0 Å². The molecule has 0 saturated heterocycles. The number of hydrogen-bond acceptors (Lipinski definition) is 6. The maximum atomic E-state index is 10.8. The SMILES string of the molecule is C=C(C)C(=O)OCCCOS(=O)(=O)[O-].C[NH+](C)C. The van der Waals surface area contributed by atoms with Gasteiger partial charge in [-0.2, -0.15) is 0 Å². The van der Waals surface area contributed by atoms with E-state index in [0.29, 0.717) is 0 Å². The molecule has 0 rings (SSSR count). The molecule has 0 fully saturated rings. The quantitative estimate of drug-likeness (QED) is 0.215. The molecular weight excluding hydrogens is 262 g/mol. The molecule has 0 aromatic heterocycles. The second kappa shape index (κ2) is 10.0. The molecule has 0 atom stereocenters. The molecule has 0 aromatic rings. The topological polar surface area (TPSA) is 97.2 Å². The maximum absolute atomic E-state index is 10.8. The summed E-state index contributed by atoms with van der Waals surface area (Å²) in [6, 6.07) is 0. The Morgan fingerprint density at radius 3 is 2.06 bits per heavy atom. The third kappa shape index (κ3) is 20.5.